The number of hydrogen-bond acceptors (Lipinski definition) is 5. The first kappa shape index (κ1) is 17.6. The van der Waals surface area contributed by atoms with E-state index in [1.807, 2.05) is 0 Å². The Hall–Kier alpha value is -2.35. The van der Waals surface area contributed by atoms with Crippen LogP contribution in [0.3, 0.4) is 0 Å². The SMILES string of the molecule is C=CC(CC(=C)CC(N)C(=O)O)(NC(=O)OC)C(=O)O. The monoisotopic (exact) mass is 286 g/mol. The number of hydrogen-bond donors (Lipinski definition) is 4. The molecule has 0 saturated heterocycles. The van der Waals surface area contributed by atoms with Crippen LogP contribution in [0.1, 0.15) is 12.8 Å². The minimum Gasteiger partial charge on any atom is -0.480 e. The van der Waals surface area contributed by atoms with Crippen LogP contribution in [0.15, 0.2) is 24.8 Å². The van der Waals surface area contributed by atoms with E-state index in [4.69, 9.17) is 10.8 Å². The predicted octanol–water partition coefficient (Wildman–Crippen LogP) is 0.100. The van der Waals surface area contributed by atoms with Gasteiger partial charge in [-0.05, 0) is 6.42 Å². The maximum Gasteiger partial charge on any atom is 0.408 e. The van der Waals surface area contributed by atoms with Gasteiger partial charge in [0.05, 0.1) is 7.11 Å². The summed E-state index contributed by atoms with van der Waals surface area (Å²) in [6.45, 7) is 6.95. The van der Waals surface area contributed by atoms with Gasteiger partial charge in [-0.2, -0.15) is 0 Å². The number of amides is 1. The Kier molecular flexibility index (Phi) is 6.43. The van der Waals surface area contributed by atoms with Gasteiger partial charge in [0.1, 0.15) is 6.04 Å². The van der Waals surface area contributed by atoms with Crippen molar-refractivity contribution in [3.63, 3.8) is 0 Å². The molecule has 5 N–H and O–H groups in total. The zero-order chi connectivity index (χ0) is 15.9. The van der Waals surface area contributed by atoms with Crippen LogP contribution in [-0.4, -0.2) is 46.9 Å². The lowest BCUT2D eigenvalue weighted by molar-refractivity contribution is -0.142. The van der Waals surface area contributed by atoms with Crippen molar-refractivity contribution >= 4 is 18.0 Å². The Morgan fingerprint density at radius 1 is 1.45 bits per heavy atom. The highest BCUT2D eigenvalue weighted by Crippen LogP contribution is 2.21. The molecule has 0 aliphatic heterocycles. The number of carbonyl (C=O) groups is 3. The molecule has 0 aliphatic rings. The Morgan fingerprint density at radius 3 is 2.35 bits per heavy atom. The summed E-state index contributed by atoms with van der Waals surface area (Å²) >= 11 is 0. The summed E-state index contributed by atoms with van der Waals surface area (Å²) in [5.74, 6) is -2.60. The lowest BCUT2D eigenvalue weighted by Gasteiger charge is -2.27. The third-order valence-corrected chi connectivity index (χ3v) is 2.60. The van der Waals surface area contributed by atoms with Crippen LogP contribution < -0.4 is 11.1 Å². The standard InChI is InChI=1S/C12H18N2O6/c1-4-12(10(17)18,14-11(19)20-3)6-7(2)5-8(13)9(15)16/h4,8H,1-2,5-6,13H2,3H3,(H,14,19)(H,15,16)(H,17,18). The molecule has 0 heterocycles. The third kappa shape index (κ3) is 4.73. The zero-order valence-corrected chi connectivity index (χ0v) is 11.1. The lowest BCUT2D eigenvalue weighted by atomic mass is 9.89. The van der Waals surface area contributed by atoms with Gasteiger partial charge in [0.15, 0.2) is 5.54 Å². The number of carboxylic acids is 2. The molecule has 0 saturated carbocycles. The molecule has 0 fully saturated rings. The molecule has 0 aromatic heterocycles. The van der Waals surface area contributed by atoms with Gasteiger partial charge in [-0.3, -0.25) is 4.79 Å². The van der Waals surface area contributed by atoms with Gasteiger partial charge in [0.2, 0.25) is 0 Å². The molecule has 0 radical (unpaired) electrons. The summed E-state index contributed by atoms with van der Waals surface area (Å²) < 4.78 is 4.35. The molecule has 2 unspecified atom stereocenters. The molecule has 1 amide bonds. The van der Waals surface area contributed by atoms with Crippen LogP contribution in [0.25, 0.3) is 0 Å². The molecular weight excluding hydrogens is 268 g/mol. The molecule has 0 aliphatic carbocycles. The summed E-state index contributed by atoms with van der Waals surface area (Å²) in [5, 5.41) is 20.1. The first-order valence-electron chi connectivity index (χ1n) is 5.56. The summed E-state index contributed by atoms with van der Waals surface area (Å²) in [5.41, 5.74) is 3.75. The largest absolute Gasteiger partial charge is 0.480 e. The number of rotatable bonds is 8. The predicted molar refractivity (Wildman–Crippen MR) is 70.1 cm³/mol. The van der Waals surface area contributed by atoms with Gasteiger partial charge in [0, 0.05) is 6.42 Å². The quantitative estimate of drug-likeness (QED) is 0.464. The van der Waals surface area contributed by atoms with Gasteiger partial charge >= 0.3 is 18.0 Å². The fourth-order valence-corrected chi connectivity index (χ4v) is 1.48. The van der Waals surface area contributed by atoms with Crippen LogP contribution in [0, 0.1) is 0 Å². The molecule has 0 aromatic carbocycles. The summed E-state index contributed by atoms with van der Waals surface area (Å²) in [6, 6.07) is -1.20. The first-order valence-corrected chi connectivity index (χ1v) is 5.56. The second-order valence-corrected chi connectivity index (χ2v) is 4.17. The molecule has 112 valence electrons. The van der Waals surface area contributed by atoms with Crippen molar-refractivity contribution in [2.24, 2.45) is 5.73 Å². The molecule has 0 bridgehead atoms. The van der Waals surface area contributed by atoms with Crippen LogP contribution in [0.2, 0.25) is 0 Å². The van der Waals surface area contributed by atoms with Crippen LogP contribution in [0.5, 0.6) is 0 Å². The minimum atomic E-state index is -1.83. The van der Waals surface area contributed by atoms with E-state index in [9.17, 15) is 19.5 Å². The Labute approximate surface area is 115 Å². The average molecular weight is 286 g/mol. The number of nitrogens with two attached hydrogens (primary N) is 1. The number of ether oxygens (including phenoxy) is 1. The highest BCUT2D eigenvalue weighted by atomic mass is 16.5. The van der Waals surface area contributed by atoms with Gasteiger partial charge < -0.3 is 26.0 Å². The molecule has 8 heteroatoms. The van der Waals surface area contributed by atoms with Crippen molar-refractivity contribution in [2.75, 3.05) is 7.11 Å². The summed E-state index contributed by atoms with van der Waals surface area (Å²) in [6.07, 6.45) is -0.310. The highest BCUT2D eigenvalue weighted by Gasteiger charge is 2.38. The number of carboxylic acid groups (broad SMARTS) is 2. The average Bonchev–Trinajstić information content (AvgIpc) is 2.36. The van der Waals surface area contributed by atoms with Crippen molar-refractivity contribution in [3.05, 3.63) is 24.8 Å². The van der Waals surface area contributed by atoms with Gasteiger partial charge in [-0.1, -0.05) is 18.2 Å². The van der Waals surface area contributed by atoms with Crippen LogP contribution >= 0.6 is 0 Å². The van der Waals surface area contributed by atoms with E-state index < -0.39 is 29.6 Å². The van der Waals surface area contributed by atoms with E-state index in [0.717, 1.165) is 13.2 Å². The second kappa shape index (κ2) is 7.29. The highest BCUT2D eigenvalue weighted by molar-refractivity contribution is 5.87. The van der Waals surface area contributed by atoms with Crippen molar-refractivity contribution in [1.29, 1.82) is 0 Å². The van der Waals surface area contributed by atoms with E-state index in [1.54, 1.807) is 0 Å². The van der Waals surface area contributed by atoms with E-state index in [1.165, 1.54) is 0 Å². The maximum absolute atomic E-state index is 11.3. The lowest BCUT2D eigenvalue weighted by Crippen LogP contribution is -2.53. The molecule has 8 nitrogen and oxygen atoms in total. The van der Waals surface area contributed by atoms with Crippen molar-refractivity contribution in [3.8, 4) is 0 Å². The summed E-state index contributed by atoms with van der Waals surface area (Å²) in [7, 11) is 1.08. The first-order chi connectivity index (χ1) is 9.18. The van der Waals surface area contributed by atoms with E-state index >= 15 is 0 Å². The molecule has 0 rings (SSSR count). The minimum absolute atomic E-state index is 0.124. The van der Waals surface area contributed by atoms with E-state index in [0.29, 0.717) is 0 Å². The van der Waals surface area contributed by atoms with Gasteiger partial charge in [-0.25, -0.2) is 9.59 Å². The topological polar surface area (TPSA) is 139 Å². The Morgan fingerprint density at radius 2 is 2.00 bits per heavy atom. The van der Waals surface area contributed by atoms with Crippen LogP contribution in [-0.2, 0) is 14.3 Å². The number of alkyl carbamates (subject to hydrolysis) is 1. The van der Waals surface area contributed by atoms with Gasteiger partial charge in [0.25, 0.3) is 0 Å². The van der Waals surface area contributed by atoms with Gasteiger partial charge in [-0.15, -0.1) is 6.58 Å². The molecule has 0 spiro atoms. The smallest absolute Gasteiger partial charge is 0.408 e. The molecule has 0 aromatic rings. The van der Waals surface area contributed by atoms with Crippen molar-refractivity contribution < 1.29 is 29.3 Å². The Bertz CT molecular complexity index is 434. The number of aliphatic carboxylic acids is 2. The third-order valence-electron chi connectivity index (χ3n) is 2.60. The molecule has 20 heavy (non-hydrogen) atoms. The maximum atomic E-state index is 11.3. The van der Waals surface area contributed by atoms with Crippen molar-refractivity contribution in [1.82, 2.24) is 5.32 Å². The number of nitrogens with one attached hydrogen (secondary N) is 1. The van der Waals surface area contributed by atoms with Crippen LogP contribution in [0.4, 0.5) is 4.79 Å². The van der Waals surface area contributed by atoms with E-state index in [-0.39, 0.29) is 18.4 Å². The fraction of sp³-hybridized carbons (Fsp3) is 0.417. The molecule has 2 atom stereocenters. The number of carbonyl (C=O) groups excluding carboxylic acids is 1. The fourth-order valence-electron chi connectivity index (χ4n) is 1.48. The van der Waals surface area contributed by atoms with E-state index in [2.05, 4.69) is 23.2 Å². The normalized spacial score (nSPS) is 14.5. The zero-order valence-electron chi connectivity index (χ0n) is 11.1. The number of methoxy groups -OCH3 is 1. The summed E-state index contributed by atoms with van der Waals surface area (Å²) in [4.78, 5) is 33.2. The van der Waals surface area contributed by atoms with Crippen molar-refractivity contribution in [2.45, 2.75) is 24.4 Å². The second-order valence-electron chi connectivity index (χ2n) is 4.17. The molecular formula is C12H18N2O6. The Balaban J connectivity index is 5.03.